The molecule has 4 nitrogen and oxygen atoms in total. The molecule has 2 bridgehead atoms. The highest BCUT2D eigenvalue weighted by molar-refractivity contribution is 5.19. The molecule has 0 aromatic heterocycles. The first-order chi connectivity index (χ1) is 11.3. The van der Waals surface area contributed by atoms with Crippen molar-refractivity contribution in [2.45, 2.75) is 76.9 Å². The lowest BCUT2D eigenvalue weighted by atomic mass is 9.39. The van der Waals surface area contributed by atoms with Crippen LogP contribution in [-0.4, -0.2) is 45.3 Å². The van der Waals surface area contributed by atoms with Gasteiger partial charge in [-0.05, 0) is 80.0 Å². The molecule has 4 aliphatic rings. The third-order valence-electron chi connectivity index (χ3n) is 9.54. The summed E-state index contributed by atoms with van der Waals surface area (Å²) in [5.41, 5.74) is -0.949. The second-order valence-corrected chi connectivity index (χ2v) is 10.0. The van der Waals surface area contributed by atoms with Crippen LogP contribution in [0, 0.1) is 34.0 Å². The van der Waals surface area contributed by atoms with Gasteiger partial charge in [-0.3, -0.25) is 0 Å². The Morgan fingerprint density at radius 1 is 0.917 bits per heavy atom. The van der Waals surface area contributed by atoms with E-state index in [1.165, 1.54) is 0 Å². The fourth-order valence-corrected chi connectivity index (χ4v) is 7.93. The quantitative estimate of drug-likeness (QED) is 0.621. The van der Waals surface area contributed by atoms with Gasteiger partial charge in [0.05, 0.1) is 24.9 Å². The average molecular weight is 338 g/mol. The van der Waals surface area contributed by atoms with E-state index in [-0.39, 0.29) is 30.0 Å². The minimum Gasteiger partial charge on any atom is -0.396 e. The van der Waals surface area contributed by atoms with E-state index in [1.807, 2.05) is 0 Å². The Morgan fingerprint density at radius 3 is 2.33 bits per heavy atom. The Hall–Kier alpha value is -0.160. The Labute approximate surface area is 145 Å². The zero-order chi connectivity index (χ0) is 17.4. The van der Waals surface area contributed by atoms with Crippen LogP contribution >= 0.6 is 0 Å². The molecule has 0 aliphatic heterocycles. The van der Waals surface area contributed by atoms with E-state index < -0.39 is 17.1 Å². The van der Waals surface area contributed by atoms with Crippen LogP contribution in [0.4, 0.5) is 0 Å². The molecule has 0 saturated heterocycles. The third kappa shape index (κ3) is 1.84. The first-order valence-electron chi connectivity index (χ1n) is 9.88. The van der Waals surface area contributed by atoms with Gasteiger partial charge in [-0.2, -0.15) is 0 Å². The number of fused-ring (bicyclic) bond motifs is 2. The Kier molecular flexibility index (Phi) is 3.73. The lowest BCUT2D eigenvalue weighted by molar-refractivity contribution is -0.216. The van der Waals surface area contributed by atoms with Gasteiger partial charge in [-0.25, -0.2) is 0 Å². The van der Waals surface area contributed by atoms with Crippen molar-refractivity contribution >= 4 is 0 Å². The largest absolute Gasteiger partial charge is 0.396 e. The van der Waals surface area contributed by atoms with Gasteiger partial charge in [0.1, 0.15) is 0 Å². The molecule has 1 spiro atoms. The van der Waals surface area contributed by atoms with Crippen LogP contribution in [0.1, 0.15) is 65.2 Å². The van der Waals surface area contributed by atoms with Gasteiger partial charge in [0.15, 0.2) is 0 Å². The summed E-state index contributed by atoms with van der Waals surface area (Å²) >= 11 is 0. The van der Waals surface area contributed by atoms with Gasteiger partial charge in [0.2, 0.25) is 0 Å². The molecule has 4 N–H and O–H groups in total. The zero-order valence-corrected chi connectivity index (χ0v) is 15.2. The van der Waals surface area contributed by atoms with Crippen LogP contribution in [-0.2, 0) is 0 Å². The highest BCUT2D eigenvalue weighted by Crippen LogP contribution is 2.75. The Morgan fingerprint density at radius 2 is 1.67 bits per heavy atom. The lowest BCUT2D eigenvalue weighted by Gasteiger charge is -2.66. The molecule has 8 atom stereocenters. The van der Waals surface area contributed by atoms with Crippen molar-refractivity contribution in [3.05, 3.63) is 0 Å². The molecule has 4 saturated carbocycles. The molecular weight excluding hydrogens is 304 g/mol. The number of aliphatic hydroxyl groups excluding tert-OH is 3. The van der Waals surface area contributed by atoms with E-state index >= 15 is 0 Å². The monoisotopic (exact) mass is 338 g/mol. The number of hydrogen-bond donors (Lipinski definition) is 4. The smallest absolute Gasteiger partial charge is 0.0905 e. The van der Waals surface area contributed by atoms with E-state index in [2.05, 4.69) is 13.8 Å². The maximum atomic E-state index is 10.9. The SMILES string of the molecule is C[C@]1(CO)[C@H]2CC[C@@H]3C[C@@H]4C[C@@]3(CC[C@@]4(O)CO)[C@@]2(C)CC[C@@H]1O. The summed E-state index contributed by atoms with van der Waals surface area (Å²) in [6.45, 7) is 4.43. The molecule has 0 amide bonds. The zero-order valence-electron chi connectivity index (χ0n) is 15.2. The molecule has 0 aromatic carbocycles. The third-order valence-corrected chi connectivity index (χ3v) is 9.54. The van der Waals surface area contributed by atoms with Crippen molar-refractivity contribution in [3.63, 3.8) is 0 Å². The molecule has 138 valence electrons. The summed E-state index contributed by atoms with van der Waals surface area (Å²) in [4.78, 5) is 0. The summed E-state index contributed by atoms with van der Waals surface area (Å²) in [6, 6.07) is 0. The second-order valence-electron chi connectivity index (χ2n) is 10.0. The average Bonchev–Trinajstić information content (AvgIpc) is 2.93. The summed E-state index contributed by atoms with van der Waals surface area (Å²) in [5, 5.41) is 41.3. The van der Waals surface area contributed by atoms with Crippen molar-refractivity contribution in [2.75, 3.05) is 13.2 Å². The van der Waals surface area contributed by atoms with Crippen molar-refractivity contribution < 1.29 is 20.4 Å². The molecule has 0 heterocycles. The van der Waals surface area contributed by atoms with Crippen molar-refractivity contribution in [1.29, 1.82) is 0 Å². The van der Waals surface area contributed by atoms with Gasteiger partial charge in [-0.1, -0.05) is 13.8 Å². The second kappa shape index (κ2) is 5.18. The van der Waals surface area contributed by atoms with Gasteiger partial charge in [0.25, 0.3) is 0 Å². The first-order valence-corrected chi connectivity index (χ1v) is 9.88. The molecule has 0 aromatic rings. The van der Waals surface area contributed by atoms with Gasteiger partial charge < -0.3 is 20.4 Å². The van der Waals surface area contributed by atoms with E-state index in [0.29, 0.717) is 18.3 Å². The van der Waals surface area contributed by atoms with E-state index in [4.69, 9.17) is 0 Å². The summed E-state index contributed by atoms with van der Waals surface area (Å²) in [7, 11) is 0. The lowest BCUT2D eigenvalue weighted by Crippen LogP contribution is -2.63. The fraction of sp³-hybridized carbons (Fsp3) is 1.00. The first kappa shape index (κ1) is 17.3. The van der Waals surface area contributed by atoms with Gasteiger partial charge in [-0.15, -0.1) is 0 Å². The molecular formula is C20H34O4. The van der Waals surface area contributed by atoms with E-state index in [0.717, 1.165) is 44.9 Å². The minimum atomic E-state index is -0.886. The Balaban J connectivity index is 1.74. The highest BCUT2D eigenvalue weighted by atomic mass is 16.3. The van der Waals surface area contributed by atoms with Crippen LogP contribution in [0.3, 0.4) is 0 Å². The molecule has 4 aliphatic carbocycles. The molecule has 4 rings (SSSR count). The van der Waals surface area contributed by atoms with Crippen LogP contribution < -0.4 is 0 Å². The summed E-state index contributed by atoms with van der Waals surface area (Å²) < 4.78 is 0. The molecule has 4 heteroatoms. The minimum absolute atomic E-state index is 0.0547. The molecule has 0 unspecified atom stereocenters. The summed E-state index contributed by atoms with van der Waals surface area (Å²) in [5.74, 6) is 1.18. The predicted octanol–water partition coefficient (Wildman–Crippen LogP) is 2.09. The van der Waals surface area contributed by atoms with E-state index in [9.17, 15) is 20.4 Å². The predicted molar refractivity (Wildman–Crippen MR) is 91.2 cm³/mol. The maximum absolute atomic E-state index is 10.9. The number of aliphatic hydroxyl groups is 4. The Bertz CT molecular complexity index is 524. The normalized spacial score (nSPS) is 59.8. The van der Waals surface area contributed by atoms with Crippen LogP contribution in [0.25, 0.3) is 0 Å². The van der Waals surface area contributed by atoms with Gasteiger partial charge >= 0.3 is 0 Å². The number of rotatable bonds is 2. The van der Waals surface area contributed by atoms with Crippen LogP contribution in [0.15, 0.2) is 0 Å². The van der Waals surface area contributed by atoms with E-state index in [1.54, 1.807) is 0 Å². The van der Waals surface area contributed by atoms with Crippen LogP contribution in [0.2, 0.25) is 0 Å². The molecule has 24 heavy (non-hydrogen) atoms. The van der Waals surface area contributed by atoms with Gasteiger partial charge in [0, 0.05) is 5.41 Å². The fourth-order valence-electron chi connectivity index (χ4n) is 7.93. The topological polar surface area (TPSA) is 80.9 Å². The highest BCUT2D eigenvalue weighted by Gasteiger charge is 2.70. The van der Waals surface area contributed by atoms with Crippen molar-refractivity contribution in [1.82, 2.24) is 0 Å². The standard InChI is InChI=1S/C20H34O4/c1-17(11-21)15-4-3-13-9-14-10-19(13,7-8-20(14,24)12-22)18(15,2)6-5-16(17)23/h13-16,21-24H,3-12H2,1-2H3/t13-,14-,15-,16+,17+,18+,19-,20-/m1/s1. The van der Waals surface area contributed by atoms with Crippen molar-refractivity contribution in [2.24, 2.45) is 34.0 Å². The molecule has 4 fully saturated rings. The van der Waals surface area contributed by atoms with Crippen LogP contribution in [0.5, 0.6) is 0 Å². The maximum Gasteiger partial charge on any atom is 0.0905 e. The van der Waals surface area contributed by atoms with Crippen molar-refractivity contribution in [3.8, 4) is 0 Å². The number of hydrogen-bond acceptors (Lipinski definition) is 4. The molecule has 0 radical (unpaired) electrons. The summed E-state index contributed by atoms with van der Waals surface area (Å²) in [6.07, 6.45) is 7.33.